The van der Waals surface area contributed by atoms with Gasteiger partial charge >= 0.3 is 0 Å². The molecule has 8 aromatic carbocycles. The maximum Gasteiger partial charge on any atom is 0.135 e. The van der Waals surface area contributed by atoms with Crippen LogP contribution in [-0.2, 0) is 5.41 Å². The first-order chi connectivity index (χ1) is 22.8. The van der Waals surface area contributed by atoms with Crippen LogP contribution < -0.4 is 4.74 Å². The van der Waals surface area contributed by atoms with Gasteiger partial charge in [0, 0.05) is 10.9 Å². The van der Waals surface area contributed by atoms with Crippen LogP contribution in [0.4, 0.5) is 0 Å². The van der Waals surface area contributed by atoms with Crippen molar-refractivity contribution in [3.05, 3.63) is 180 Å². The Hall–Kier alpha value is -5.92. The Balaban J connectivity index is 1.19. The Morgan fingerprint density at radius 3 is 1.85 bits per heavy atom. The zero-order chi connectivity index (χ0) is 30.0. The fourth-order valence-electron chi connectivity index (χ4n) is 8.84. The molecule has 11 rings (SSSR count). The van der Waals surface area contributed by atoms with E-state index in [4.69, 9.17) is 4.74 Å². The van der Waals surface area contributed by atoms with Crippen LogP contribution in [0, 0.1) is 0 Å². The molecule has 1 spiro atoms. The molecule has 3 aliphatic rings. The number of hydrogen-bond acceptors (Lipinski definition) is 1. The molecule has 0 N–H and O–H groups in total. The van der Waals surface area contributed by atoms with Gasteiger partial charge in [-0.1, -0.05) is 127 Å². The molecule has 1 nitrogen and oxygen atoms in total. The molecule has 0 aromatic heterocycles. The van der Waals surface area contributed by atoms with Crippen molar-refractivity contribution in [2.75, 3.05) is 0 Å². The Kier molecular flexibility index (Phi) is 4.57. The summed E-state index contributed by atoms with van der Waals surface area (Å²) in [4.78, 5) is 0. The van der Waals surface area contributed by atoms with E-state index in [1.807, 2.05) is 0 Å². The SMILES string of the molecule is c1ccc2c(c1)-c1cc3ccccc3cc1C21c2ccccc2-c2c(-c3ccc4c(c3)Oc3cccc5cccc-4c35)cccc21. The second-order valence-electron chi connectivity index (χ2n) is 12.8. The molecule has 1 heterocycles. The van der Waals surface area contributed by atoms with Gasteiger partial charge in [0.2, 0.25) is 0 Å². The van der Waals surface area contributed by atoms with E-state index >= 15 is 0 Å². The summed E-state index contributed by atoms with van der Waals surface area (Å²) in [7, 11) is 0. The van der Waals surface area contributed by atoms with Gasteiger partial charge in [0.1, 0.15) is 11.5 Å². The van der Waals surface area contributed by atoms with Crippen molar-refractivity contribution in [3.63, 3.8) is 0 Å². The van der Waals surface area contributed by atoms with Crippen LogP contribution in [0.25, 0.3) is 66.1 Å². The lowest BCUT2D eigenvalue weighted by Crippen LogP contribution is -2.25. The third-order valence-electron chi connectivity index (χ3n) is 10.6. The van der Waals surface area contributed by atoms with Crippen LogP contribution in [-0.4, -0.2) is 0 Å². The molecule has 1 atom stereocenters. The summed E-state index contributed by atoms with van der Waals surface area (Å²) in [5.41, 5.74) is 15.1. The third kappa shape index (κ3) is 2.91. The van der Waals surface area contributed by atoms with Gasteiger partial charge in [-0.25, -0.2) is 0 Å². The predicted molar refractivity (Wildman–Crippen MR) is 189 cm³/mol. The number of rotatable bonds is 1. The maximum absolute atomic E-state index is 6.63. The minimum atomic E-state index is -0.392. The lowest BCUT2D eigenvalue weighted by atomic mass is 9.70. The molecule has 0 fully saturated rings. The van der Waals surface area contributed by atoms with Crippen LogP contribution in [0.2, 0.25) is 0 Å². The van der Waals surface area contributed by atoms with Crippen molar-refractivity contribution in [1.29, 1.82) is 0 Å². The highest BCUT2D eigenvalue weighted by atomic mass is 16.5. The first-order valence-electron chi connectivity index (χ1n) is 16.0. The Labute approximate surface area is 267 Å². The molecule has 212 valence electrons. The highest BCUT2D eigenvalue weighted by Gasteiger charge is 2.52. The molecule has 0 saturated heterocycles. The molecule has 0 radical (unpaired) electrons. The molecular weight excluding hydrogens is 556 g/mol. The van der Waals surface area contributed by atoms with Crippen molar-refractivity contribution < 1.29 is 4.74 Å². The topological polar surface area (TPSA) is 9.23 Å². The quantitative estimate of drug-likeness (QED) is 0.187. The van der Waals surface area contributed by atoms with Crippen molar-refractivity contribution >= 4 is 21.5 Å². The monoisotopic (exact) mass is 582 g/mol. The number of ether oxygens (including phenoxy) is 1. The van der Waals surface area contributed by atoms with Crippen LogP contribution in [0.5, 0.6) is 11.5 Å². The summed E-state index contributed by atoms with van der Waals surface area (Å²) >= 11 is 0. The van der Waals surface area contributed by atoms with Gasteiger partial charge in [-0.15, -0.1) is 0 Å². The van der Waals surface area contributed by atoms with Gasteiger partial charge in [0.15, 0.2) is 0 Å². The average molecular weight is 583 g/mol. The molecule has 0 bridgehead atoms. The van der Waals surface area contributed by atoms with E-state index in [1.54, 1.807) is 0 Å². The van der Waals surface area contributed by atoms with E-state index in [-0.39, 0.29) is 0 Å². The Morgan fingerprint density at radius 2 is 0.978 bits per heavy atom. The fraction of sp³-hybridized carbons (Fsp3) is 0.0222. The molecule has 1 heteroatoms. The first kappa shape index (κ1) is 24.4. The van der Waals surface area contributed by atoms with Gasteiger partial charge in [-0.2, -0.15) is 0 Å². The zero-order valence-electron chi connectivity index (χ0n) is 24.9. The molecule has 1 aliphatic heterocycles. The summed E-state index contributed by atoms with van der Waals surface area (Å²) in [5.74, 6) is 1.83. The number of hydrogen-bond donors (Lipinski definition) is 0. The molecule has 1 unspecified atom stereocenters. The van der Waals surface area contributed by atoms with E-state index < -0.39 is 5.41 Å². The highest BCUT2D eigenvalue weighted by molar-refractivity contribution is 6.06. The average Bonchev–Trinajstić information content (AvgIpc) is 3.58. The second kappa shape index (κ2) is 8.62. The summed E-state index contributed by atoms with van der Waals surface area (Å²) in [6.07, 6.45) is 0. The van der Waals surface area contributed by atoms with E-state index in [0.29, 0.717) is 0 Å². The van der Waals surface area contributed by atoms with Crippen molar-refractivity contribution in [2.24, 2.45) is 0 Å². The zero-order valence-corrected chi connectivity index (χ0v) is 24.9. The summed E-state index contributed by atoms with van der Waals surface area (Å²) in [5, 5.41) is 4.95. The van der Waals surface area contributed by atoms with Gasteiger partial charge in [0.05, 0.1) is 5.41 Å². The summed E-state index contributed by atoms with van der Waals surface area (Å²) in [6.45, 7) is 0. The number of benzene rings is 8. The molecule has 0 amide bonds. The van der Waals surface area contributed by atoms with Crippen LogP contribution >= 0.6 is 0 Å². The summed E-state index contributed by atoms with van der Waals surface area (Å²) in [6, 6.07) is 58.3. The fourth-order valence-corrected chi connectivity index (χ4v) is 8.84. The first-order valence-corrected chi connectivity index (χ1v) is 16.0. The molecule has 8 aromatic rings. The minimum absolute atomic E-state index is 0.392. The van der Waals surface area contributed by atoms with Gasteiger partial charge in [0.25, 0.3) is 0 Å². The van der Waals surface area contributed by atoms with Crippen LogP contribution in [0.3, 0.4) is 0 Å². The Bertz CT molecular complexity index is 2620. The van der Waals surface area contributed by atoms with E-state index in [2.05, 4.69) is 158 Å². The van der Waals surface area contributed by atoms with Crippen molar-refractivity contribution in [3.8, 4) is 56.0 Å². The van der Waals surface area contributed by atoms with Gasteiger partial charge in [-0.05, 0) is 108 Å². The van der Waals surface area contributed by atoms with Crippen molar-refractivity contribution in [2.45, 2.75) is 5.41 Å². The highest BCUT2D eigenvalue weighted by Crippen LogP contribution is 2.64. The van der Waals surface area contributed by atoms with Crippen molar-refractivity contribution in [1.82, 2.24) is 0 Å². The second-order valence-corrected chi connectivity index (χ2v) is 12.8. The van der Waals surface area contributed by atoms with E-state index in [1.165, 1.54) is 82.7 Å². The molecular formula is C45H26O. The third-order valence-corrected chi connectivity index (χ3v) is 10.6. The van der Waals surface area contributed by atoms with E-state index in [9.17, 15) is 0 Å². The normalized spacial score (nSPS) is 16.1. The smallest absolute Gasteiger partial charge is 0.135 e. The maximum atomic E-state index is 6.63. The van der Waals surface area contributed by atoms with Gasteiger partial charge in [-0.3, -0.25) is 0 Å². The number of fused-ring (bicyclic) bond motifs is 13. The lowest BCUT2D eigenvalue weighted by Gasteiger charge is -2.30. The minimum Gasteiger partial charge on any atom is -0.456 e. The molecule has 46 heavy (non-hydrogen) atoms. The van der Waals surface area contributed by atoms with E-state index in [0.717, 1.165) is 17.1 Å². The predicted octanol–water partition coefficient (Wildman–Crippen LogP) is 11.8. The standard InChI is InChI=1S/C45H26O/c1-2-11-29-25-40-36(24-28(29)10-1)32-14-3-5-18-37(32)45(40)38-19-6-4-15-35(38)44-31(16-9-20-39(44)45)30-22-23-33-34-17-7-12-27-13-8-21-41(43(27)34)46-42(33)26-30/h1-26H. The van der Waals surface area contributed by atoms with Crippen LogP contribution in [0.1, 0.15) is 22.3 Å². The largest absolute Gasteiger partial charge is 0.456 e. The lowest BCUT2D eigenvalue weighted by molar-refractivity contribution is 0.487. The van der Waals surface area contributed by atoms with Crippen LogP contribution in [0.15, 0.2) is 158 Å². The molecule has 2 aliphatic carbocycles. The van der Waals surface area contributed by atoms with Gasteiger partial charge < -0.3 is 4.74 Å². The summed E-state index contributed by atoms with van der Waals surface area (Å²) < 4.78 is 6.63. The molecule has 0 saturated carbocycles. The Morgan fingerprint density at radius 1 is 0.348 bits per heavy atom.